The second kappa shape index (κ2) is 4.72. The zero-order valence-electron chi connectivity index (χ0n) is 7.96. The van der Waals surface area contributed by atoms with E-state index in [2.05, 4.69) is 5.32 Å². The number of primary amides is 1. The molecule has 0 heterocycles. The molecule has 0 saturated heterocycles. The van der Waals surface area contributed by atoms with Crippen LogP contribution >= 0.6 is 0 Å². The van der Waals surface area contributed by atoms with E-state index in [1.54, 1.807) is 19.1 Å². The lowest BCUT2D eigenvalue weighted by Crippen LogP contribution is -2.38. The van der Waals surface area contributed by atoms with E-state index in [-0.39, 0.29) is 11.9 Å². The summed E-state index contributed by atoms with van der Waals surface area (Å²) in [6.07, 6.45) is 0. The van der Waals surface area contributed by atoms with Gasteiger partial charge in [0.15, 0.2) is 0 Å². The first-order chi connectivity index (χ1) is 6.59. The van der Waals surface area contributed by atoms with Gasteiger partial charge in [-0.25, -0.2) is 4.39 Å². The summed E-state index contributed by atoms with van der Waals surface area (Å²) in [5, 5.41) is 2.92. The Hall–Kier alpha value is -1.42. The Morgan fingerprint density at radius 2 is 2.07 bits per heavy atom. The van der Waals surface area contributed by atoms with Crippen molar-refractivity contribution in [2.45, 2.75) is 19.5 Å². The fourth-order valence-electron chi connectivity index (χ4n) is 0.974. The first-order valence-corrected chi connectivity index (χ1v) is 4.36. The molecule has 1 amide bonds. The van der Waals surface area contributed by atoms with Gasteiger partial charge in [0, 0.05) is 6.54 Å². The standard InChI is InChI=1S/C10H13FN2O/c1-7(10(12)14)13-6-8-2-4-9(11)5-3-8/h2-5,7,13H,6H2,1H3,(H2,12,14). The molecule has 0 aliphatic heterocycles. The summed E-state index contributed by atoms with van der Waals surface area (Å²) in [4.78, 5) is 10.7. The third kappa shape index (κ3) is 3.14. The van der Waals surface area contributed by atoms with Crippen LogP contribution in [0.3, 0.4) is 0 Å². The Kier molecular flexibility index (Phi) is 3.59. The van der Waals surface area contributed by atoms with Crippen molar-refractivity contribution in [3.8, 4) is 0 Å². The topological polar surface area (TPSA) is 55.1 Å². The number of hydrogen-bond donors (Lipinski definition) is 2. The van der Waals surface area contributed by atoms with Gasteiger partial charge in [-0.3, -0.25) is 4.79 Å². The van der Waals surface area contributed by atoms with Crippen LogP contribution in [0.15, 0.2) is 24.3 Å². The maximum atomic E-state index is 12.5. The van der Waals surface area contributed by atoms with E-state index in [0.29, 0.717) is 6.54 Å². The van der Waals surface area contributed by atoms with Gasteiger partial charge < -0.3 is 11.1 Å². The van der Waals surface area contributed by atoms with Gasteiger partial charge in [0.05, 0.1) is 6.04 Å². The number of halogens is 1. The second-order valence-electron chi connectivity index (χ2n) is 3.13. The molecule has 1 aromatic carbocycles. The van der Waals surface area contributed by atoms with E-state index in [9.17, 15) is 9.18 Å². The number of nitrogens with one attached hydrogen (secondary N) is 1. The van der Waals surface area contributed by atoms with Gasteiger partial charge in [0.2, 0.25) is 5.91 Å². The van der Waals surface area contributed by atoms with Crippen LogP contribution in [0.1, 0.15) is 12.5 Å². The molecule has 0 radical (unpaired) electrons. The molecule has 1 aromatic rings. The molecular formula is C10H13FN2O. The van der Waals surface area contributed by atoms with Gasteiger partial charge in [0.1, 0.15) is 5.82 Å². The number of amides is 1. The molecule has 0 bridgehead atoms. The highest BCUT2D eigenvalue weighted by Gasteiger charge is 2.06. The molecule has 1 atom stereocenters. The van der Waals surface area contributed by atoms with Crippen molar-refractivity contribution >= 4 is 5.91 Å². The minimum atomic E-state index is -0.396. The number of carbonyl (C=O) groups excluding carboxylic acids is 1. The minimum absolute atomic E-state index is 0.267. The van der Waals surface area contributed by atoms with E-state index in [0.717, 1.165) is 5.56 Å². The molecule has 1 unspecified atom stereocenters. The molecule has 76 valence electrons. The van der Waals surface area contributed by atoms with Crippen LogP contribution in [-0.2, 0) is 11.3 Å². The van der Waals surface area contributed by atoms with Crippen LogP contribution in [0.5, 0.6) is 0 Å². The molecular weight excluding hydrogens is 183 g/mol. The van der Waals surface area contributed by atoms with Crippen LogP contribution < -0.4 is 11.1 Å². The van der Waals surface area contributed by atoms with Crippen LogP contribution in [0.4, 0.5) is 4.39 Å². The third-order valence-corrected chi connectivity index (χ3v) is 1.95. The van der Waals surface area contributed by atoms with Crippen molar-refractivity contribution in [2.75, 3.05) is 0 Å². The highest BCUT2D eigenvalue weighted by atomic mass is 19.1. The van der Waals surface area contributed by atoms with Gasteiger partial charge in [0.25, 0.3) is 0 Å². The fraction of sp³-hybridized carbons (Fsp3) is 0.300. The van der Waals surface area contributed by atoms with Gasteiger partial charge >= 0.3 is 0 Å². The van der Waals surface area contributed by atoms with E-state index >= 15 is 0 Å². The van der Waals surface area contributed by atoms with Crippen LogP contribution in [0.2, 0.25) is 0 Å². The van der Waals surface area contributed by atoms with Crippen molar-refractivity contribution in [2.24, 2.45) is 5.73 Å². The first-order valence-electron chi connectivity index (χ1n) is 4.36. The molecule has 1 rings (SSSR count). The smallest absolute Gasteiger partial charge is 0.234 e. The molecule has 0 aliphatic carbocycles. The van der Waals surface area contributed by atoms with Crippen molar-refractivity contribution in [1.29, 1.82) is 0 Å². The third-order valence-electron chi connectivity index (χ3n) is 1.95. The van der Waals surface area contributed by atoms with Gasteiger partial charge in [-0.05, 0) is 24.6 Å². The van der Waals surface area contributed by atoms with Gasteiger partial charge in [-0.1, -0.05) is 12.1 Å². The average molecular weight is 196 g/mol. The van der Waals surface area contributed by atoms with Crippen molar-refractivity contribution in [1.82, 2.24) is 5.32 Å². The highest BCUT2D eigenvalue weighted by Crippen LogP contribution is 2.02. The monoisotopic (exact) mass is 196 g/mol. The van der Waals surface area contributed by atoms with Crippen LogP contribution in [-0.4, -0.2) is 11.9 Å². The number of carbonyl (C=O) groups is 1. The molecule has 3 nitrogen and oxygen atoms in total. The Morgan fingerprint density at radius 3 is 2.57 bits per heavy atom. The predicted molar refractivity (Wildman–Crippen MR) is 51.9 cm³/mol. The zero-order valence-corrected chi connectivity index (χ0v) is 7.96. The van der Waals surface area contributed by atoms with E-state index in [1.807, 2.05) is 0 Å². The summed E-state index contributed by atoms with van der Waals surface area (Å²) >= 11 is 0. The van der Waals surface area contributed by atoms with Crippen LogP contribution in [0.25, 0.3) is 0 Å². The maximum Gasteiger partial charge on any atom is 0.234 e. The Morgan fingerprint density at radius 1 is 1.50 bits per heavy atom. The molecule has 4 heteroatoms. The van der Waals surface area contributed by atoms with Crippen molar-refractivity contribution in [3.05, 3.63) is 35.6 Å². The molecule has 3 N–H and O–H groups in total. The lowest BCUT2D eigenvalue weighted by atomic mass is 10.2. The predicted octanol–water partition coefficient (Wildman–Crippen LogP) is 0.789. The van der Waals surface area contributed by atoms with Crippen molar-refractivity contribution < 1.29 is 9.18 Å². The second-order valence-corrected chi connectivity index (χ2v) is 3.13. The molecule has 0 fully saturated rings. The number of hydrogen-bond acceptors (Lipinski definition) is 2. The minimum Gasteiger partial charge on any atom is -0.368 e. The average Bonchev–Trinajstić information content (AvgIpc) is 2.16. The SMILES string of the molecule is CC(NCc1ccc(F)cc1)C(N)=O. The lowest BCUT2D eigenvalue weighted by molar-refractivity contribution is -0.119. The number of nitrogens with two attached hydrogens (primary N) is 1. The summed E-state index contributed by atoms with van der Waals surface area (Å²) in [5.41, 5.74) is 5.98. The molecule has 0 aromatic heterocycles. The molecule has 0 spiro atoms. The quantitative estimate of drug-likeness (QED) is 0.748. The van der Waals surface area contributed by atoms with E-state index in [4.69, 9.17) is 5.73 Å². The maximum absolute atomic E-state index is 12.5. The lowest BCUT2D eigenvalue weighted by Gasteiger charge is -2.09. The molecule has 0 aliphatic rings. The number of benzene rings is 1. The van der Waals surface area contributed by atoms with Crippen molar-refractivity contribution in [3.63, 3.8) is 0 Å². The summed E-state index contributed by atoms with van der Waals surface area (Å²) in [7, 11) is 0. The van der Waals surface area contributed by atoms with E-state index < -0.39 is 5.91 Å². The van der Waals surface area contributed by atoms with Gasteiger partial charge in [-0.2, -0.15) is 0 Å². The fourth-order valence-corrected chi connectivity index (χ4v) is 0.974. The summed E-state index contributed by atoms with van der Waals surface area (Å²) < 4.78 is 12.5. The normalized spacial score (nSPS) is 12.4. The summed E-state index contributed by atoms with van der Waals surface area (Å²) in [6, 6.07) is 5.71. The Bertz CT molecular complexity index is 310. The van der Waals surface area contributed by atoms with E-state index in [1.165, 1.54) is 12.1 Å². The molecule has 14 heavy (non-hydrogen) atoms. The number of rotatable bonds is 4. The Balaban J connectivity index is 2.46. The zero-order chi connectivity index (χ0) is 10.6. The highest BCUT2D eigenvalue weighted by molar-refractivity contribution is 5.79. The summed E-state index contributed by atoms with van der Waals surface area (Å²) in [6.45, 7) is 2.19. The summed E-state index contributed by atoms with van der Waals surface area (Å²) in [5.74, 6) is -0.663. The van der Waals surface area contributed by atoms with Gasteiger partial charge in [-0.15, -0.1) is 0 Å². The molecule has 0 saturated carbocycles. The first kappa shape index (κ1) is 10.7. The van der Waals surface area contributed by atoms with Crippen LogP contribution in [0, 0.1) is 5.82 Å². The largest absolute Gasteiger partial charge is 0.368 e. The Labute approximate surface area is 82.1 Å².